The van der Waals surface area contributed by atoms with Crippen molar-refractivity contribution in [3.63, 3.8) is 0 Å². The van der Waals surface area contributed by atoms with Gasteiger partial charge < -0.3 is 20.1 Å². The zero-order valence-electron chi connectivity index (χ0n) is 19.6. The zero-order valence-corrected chi connectivity index (χ0v) is 19.6. The molecule has 2 N–H and O–H groups in total. The van der Waals surface area contributed by atoms with E-state index < -0.39 is 0 Å². The van der Waals surface area contributed by atoms with Crippen LogP contribution in [0.2, 0.25) is 0 Å². The molecule has 0 bridgehead atoms. The second-order valence-electron chi connectivity index (χ2n) is 7.88. The maximum Gasteiger partial charge on any atom is 0.259 e. The Bertz CT molecular complexity index is 1210. The number of rotatable bonds is 8. The molecule has 6 nitrogen and oxygen atoms in total. The highest BCUT2D eigenvalue weighted by atomic mass is 16.5. The first-order valence-electron chi connectivity index (χ1n) is 11.1. The Balaban J connectivity index is 1.36. The van der Waals surface area contributed by atoms with E-state index in [9.17, 15) is 9.59 Å². The van der Waals surface area contributed by atoms with Crippen LogP contribution in [0.3, 0.4) is 0 Å². The van der Waals surface area contributed by atoms with E-state index in [1.54, 1.807) is 50.6 Å². The molecule has 2 amide bonds. The molecule has 0 unspecified atom stereocenters. The first kappa shape index (κ1) is 23.6. The first-order chi connectivity index (χ1) is 17.1. The summed E-state index contributed by atoms with van der Waals surface area (Å²) in [6, 6.07) is 29.7. The van der Waals surface area contributed by atoms with Crippen LogP contribution >= 0.6 is 0 Å². The van der Waals surface area contributed by atoms with Crippen molar-refractivity contribution in [2.45, 2.75) is 6.42 Å². The molecule has 4 aromatic carbocycles. The van der Waals surface area contributed by atoms with Crippen molar-refractivity contribution >= 4 is 23.2 Å². The summed E-state index contributed by atoms with van der Waals surface area (Å²) < 4.78 is 10.5. The quantitative estimate of drug-likeness (QED) is 0.344. The minimum absolute atomic E-state index is 0.221. The van der Waals surface area contributed by atoms with E-state index in [1.165, 1.54) is 0 Å². The molecule has 0 spiro atoms. The second kappa shape index (κ2) is 11.0. The smallest absolute Gasteiger partial charge is 0.259 e. The number of amides is 2. The number of benzene rings is 4. The number of para-hydroxylation sites is 2. The third kappa shape index (κ3) is 5.86. The van der Waals surface area contributed by atoms with E-state index in [2.05, 4.69) is 10.6 Å². The van der Waals surface area contributed by atoms with Gasteiger partial charge in [0.1, 0.15) is 11.5 Å². The molecule has 0 fully saturated rings. The van der Waals surface area contributed by atoms with Gasteiger partial charge in [0.25, 0.3) is 11.8 Å². The Morgan fingerprint density at radius 1 is 0.571 bits per heavy atom. The molecule has 0 aliphatic rings. The lowest BCUT2D eigenvalue weighted by molar-refractivity contribution is 0.101. The van der Waals surface area contributed by atoms with Crippen molar-refractivity contribution in [1.29, 1.82) is 0 Å². The maximum absolute atomic E-state index is 12.6. The predicted octanol–water partition coefficient (Wildman–Crippen LogP) is 5.80. The van der Waals surface area contributed by atoms with Crippen LogP contribution in [0.15, 0.2) is 97.1 Å². The minimum atomic E-state index is -0.221. The van der Waals surface area contributed by atoms with E-state index in [0.29, 0.717) is 34.0 Å². The molecule has 0 aliphatic heterocycles. The van der Waals surface area contributed by atoms with Crippen molar-refractivity contribution in [3.05, 3.63) is 119 Å². The Hall–Kier alpha value is -4.58. The van der Waals surface area contributed by atoms with Crippen molar-refractivity contribution in [2.75, 3.05) is 24.9 Å². The molecule has 6 heteroatoms. The van der Waals surface area contributed by atoms with E-state index in [-0.39, 0.29) is 11.8 Å². The lowest BCUT2D eigenvalue weighted by atomic mass is 10.0. The highest BCUT2D eigenvalue weighted by molar-refractivity contribution is 6.06. The summed E-state index contributed by atoms with van der Waals surface area (Å²) in [6.45, 7) is 0. The van der Waals surface area contributed by atoms with Crippen LogP contribution in [-0.4, -0.2) is 26.0 Å². The Labute approximate surface area is 204 Å². The molecule has 4 rings (SSSR count). The lowest BCUT2D eigenvalue weighted by Gasteiger charge is -2.11. The number of carbonyl (C=O) groups is 2. The van der Waals surface area contributed by atoms with Gasteiger partial charge in [0.15, 0.2) is 0 Å². The monoisotopic (exact) mass is 466 g/mol. The summed E-state index contributed by atoms with van der Waals surface area (Å²) in [5.74, 6) is 0.621. The Morgan fingerprint density at radius 3 is 1.31 bits per heavy atom. The van der Waals surface area contributed by atoms with E-state index in [1.807, 2.05) is 60.7 Å². The molecule has 4 aromatic rings. The van der Waals surface area contributed by atoms with Gasteiger partial charge in [0.2, 0.25) is 0 Å². The van der Waals surface area contributed by atoms with Gasteiger partial charge in [0.05, 0.1) is 25.3 Å². The predicted molar refractivity (Wildman–Crippen MR) is 138 cm³/mol. The average molecular weight is 467 g/mol. The van der Waals surface area contributed by atoms with Crippen LogP contribution in [0.1, 0.15) is 31.8 Å². The fourth-order valence-electron chi connectivity index (χ4n) is 3.71. The van der Waals surface area contributed by atoms with Crippen molar-refractivity contribution in [3.8, 4) is 11.5 Å². The van der Waals surface area contributed by atoms with Crippen molar-refractivity contribution in [1.82, 2.24) is 0 Å². The number of hydrogen-bond donors (Lipinski definition) is 2. The third-order valence-corrected chi connectivity index (χ3v) is 5.54. The lowest BCUT2D eigenvalue weighted by Crippen LogP contribution is -2.13. The van der Waals surface area contributed by atoms with Crippen LogP contribution < -0.4 is 20.1 Å². The molecular weight excluding hydrogens is 440 g/mol. The molecule has 0 radical (unpaired) electrons. The fraction of sp³-hybridized carbons (Fsp3) is 0.103. The van der Waals surface area contributed by atoms with E-state index >= 15 is 0 Å². The number of hydrogen-bond acceptors (Lipinski definition) is 4. The SMILES string of the molecule is COc1ccccc1C(=O)Nc1ccc(Cc2ccc(NC(=O)c3ccccc3OC)cc2)cc1. The summed E-state index contributed by atoms with van der Waals surface area (Å²) in [5.41, 5.74) is 4.59. The molecule has 0 heterocycles. The summed E-state index contributed by atoms with van der Waals surface area (Å²) in [7, 11) is 3.09. The van der Waals surface area contributed by atoms with Crippen LogP contribution in [0, 0.1) is 0 Å². The normalized spacial score (nSPS) is 10.3. The molecule has 0 saturated heterocycles. The first-order valence-corrected chi connectivity index (χ1v) is 11.1. The number of methoxy groups -OCH3 is 2. The summed E-state index contributed by atoms with van der Waals surface area (Å²) >= 11 is 0. The molecule has 35 heavy (non-hydrogen) atoms. The van der Waals surface area contributed by atoms with Gasteiger partial charge >= 0.3 is 0 Å². The Kier molecular flexibility index (Phi) is 7.43. The van der Waals surface area contributed by atoms with E-state index in [4.69, 9.17) is 9.47 Å². The summed E-state index contributed by atoms with van der Waals surface area (Å²) in [5, 5.41) is 5.81. The van der Waals surface area contributed by atoms with Gasteiger partial charge in [-0.25, -0.2) is 0 Å². The zero-order chi connectivity index (χ0) is 24.6. The van der Waals surface area contributed by atoms with Crippen LogP contribution in [0.5, 0.6) is 11.5 Å². The topological polar surface area (TPSA) is 76.7 Å². The van der Waals surface area contributed by atoms with Crippen LogP contribution in [0.25, 0.3) is 0 Å². The number of carbonyl (C=O) groups excluding carboxylic acids is 2. The average Bonchev–Trinajstić information content (AvgIpc) is 2.90. The molecule has 0 atom stereocenters. The van der Waals surface area contributed by atoms with Crippen molar-refractivity contribution in [2.24, 2.45) is 0 Å². The minimum Gasteiger partial charge on any atom is -0.496 e. The van der Waals surface area contributed by atoms with Gasteiger partial charge in [0, 0.05) is 11.4 Å². The number of anilines is 2. The second-order valence-corrected chi connectivity index (χ2v) is 7.88. The standard InChI is InChI=1S/C29H26N2O4/c1-34-26-9-5-3-7-24(26)28(32)30-22-15-11-20(12-16-22)19-21-13-17-23(18-14-21)31-29(33)25-8-4-6-10-27(25)35-2/h3-18H,19H2,1-2H3,(H,30,32)(H,31,33). The molecule has 0 aromatic heterocycles. The van der Waals surface area contributed by atoms with Gasteiger partial charge in [-0.3, -0.25) is 9.59 Å². The summed E-state index contributed by atoms with van der Waals surface area (Å²) in [6.07, 6.45) is 0.724. The van der Waals surface area contributed by atoms with E-state index in [0.717, 1.165) is 17.5 Å². The molecule has 176 valence electrons. The number of ether oxygens (including phenoxy) is 2. The summed E-state index contributed by atoms with van der Waals surface area (Å²) in [4.78, 5) is 25.2. The maximum atomic E-state index is 12.6. The van der Waals surface area contributed by atoms with Crippen LogP contribution in [0.4, 0.5) is 11.4 Å². The third-order valence-electron chi connectivity index (χ3n) is 5.54. The van der Waals surface area contributed by atoms with Crippen LogP contribution in [-0.2, 0) is 6.42 Å². The largest absolute Gasteiger partial charge is 0.496 e. The molecule has 0 aliphatic carbocycles. The fourth-order valence-corrected chi connectivity index (χ4v) is 3.71. The van der Waals surface area contributed by atoms with Gasteiger partial charge in [-0.05, 0) is 66.1 Å². The highest BCUT2D eigenvalue weighted by Crippen LogP contribution is 2.22. The van der Waals surface area contributed by atoms with Gasteiger partial charge in [-0.15, -0.1) is 0 Å². The van der Waals surface area contributed by atoms with Gasteiger partial charge in [-0.1, -0.05) is 48.5 Å². The van der Waals surface area contributed by atoms with Crippen molar-refractivity contribution < 1.29 is 19.1 Å². The Morgan fingerprint density at radius 2 is 0.943 bits per heavy atom. The number of nitrogens with one attached hydrogen (secondary N) is 2. The molecule has 0 saturated carbocycles. The highest BCUT2D eigenvalue weighted by Gasteiger charge is 2.13. The van der Waals surface area contributed by atoms with Gasteiger partial charge in [-0.2, -0.15) is 0 Å². The molecular formula is C29H26N2O4.